The van der Waals surface area contributed by atoms with Crippen molar-refractivity contribution in [3.05, 3.63) is 66.1 Å². The van der Waals surface area contributed by atoms with Crippen LogP contribution in [0.25, 0.3) is 10.9 Å². The molecule has 0 spiro atoms. The van der Waals surface area contributed by atoms with Gasteiger partial charge in [-0.05, 0) is 43.5 Å². The Morgan fingerprint density at radius 3 is 2.88 bits per heavy atom. The monoisotopic (exact) mass is 320 g/mol. The number of hydrogen-bond acceptors (Lipinski definition) is 5. The number of benzene rings is 1. The quantitative estimate of drug-likeness (QED) is 0.300. The highest BCUT2D eigenvalue weighted by Gasteiger charge is 2.01. The molecule has 3 aromatic rings. The zero-order valence-corrected chi connectivity index (χ0v) is 13.4. The van der Waals surface area contributed by atoms with Gasteiger partial charge < -0.3 is 10.5 Å². The van der Waals surface area contributed by atoms with Gasteiger partial charge in [0.1, 0.15) is 0 Å². The molecule has 0 saturated heterocycles. The van der Waals surface area contributed by atoms with E-state index < -0.39 is 0 Å². The van der Waals surface area contributed by atoms with Crippen molar-refractivity contribution >= 4 is 22.8 Å². The van der Waals surface area contributed by atoms with Crippen LogP contribution < -0.4 is 5.32 Å². The second kappa shape index (κ2) is 8.06. The summed E-state index contributed by atoms with van der Waals surface area (Å²) in [5, 5.41) is 16.2. The number of nitrogens with one attached hydrogen (secondary N) is 1. The number of rotatable bonds is 7. The summed E-state index contributed by atoms with van der Waals surface area (Å²) in [6.45, 7) is 0.909. The molecule has 0 unspecified atom stereocenters. The Hall–Kier alpha value is -2.95. The van der Waals surface area contributed by atoms with Gasteiger partial charge in [0.05, 0.1) is 17.4 Å². The van der Waals surface area contributed by atoms with Crippen LogP contribution in [0.1, 0.15) is 24.2 Å². The summed E-state index contributed by atoms with van der Waals surface area (Å²) in [4.78, 5) is 8.79. The highest BCUT2D eigenvalue weighted by atomic mass is 16.4. The molecule has 0 fully saturated rings. The molecule has 2 heterocycles. The number of anilines is 1. The molecule has 2 N–H and O–H groups in total. The number of pyridine rings is 2. The van der Waals surface area contributed by atoms with Crippen molar-refractivity contribution in [1.29, 1.82) is 0 Å². The molecular formula is C19H20N4O. The fourth-order valence-corrected chi connectivity index (χ4v) is 2.67. The van der Waals surface area contributed by atoms with Crippen LogP contribution in [0, 0.1) is 0 Å². The van der Waals surface area contributed by atoms with Gasteiger partial charge in [0.25, 0.3) is 0 Å². The average Bonchev–Trinajstić information content (AvgIpc) is 2.62. The first-order chi connectivity index (χ1) is 11.9. The van der Waals surface area contributed by atoms with Crippen molar-refractivity contribution in [3.63, 3.8) is 0 Å². The van der Waals surface area contributed by atoms with E-state index >= 15 is 0 Å². The standard InChI is InChI=1S/C19H20N4O/c24-22-14-16-8-5-7-15(23-16)6-3-4-12-20-19-11-13-21-18-10-2-1-9-17(18)19/h1-2,5,7-11,13-14,24H,3-4,6,12H2,(H,20,21)/b22-14-. The fraction of sp³-hybridized carbons (Fsp3) is 0.211. The zero-order valence-electron chi connectivity index (χ0n) is 13.4. The first kappa shape index (κ1) is 15.9. The van der Waals surface area contributed by atoms with Crippen LogP contribution in [0.15, 0.2) is 59.9 Å². The van der Waals surface area contributed by atoms with Gasteiger partial charge >= 0.3 is 0 Å². The molecule has 0 aliphatic rings. The smallest absolute Gasteiger partial charge is 0.0918 e. The van der Waals surface area contributed by atoms with Crippen LogP contribution in [0.2, 0.25) is 0 Å². The van der Waals surface area contributed by atoms with Gasteiger partial charge in [-0.3, -0.25) is 9.97 Å². The molecule has 1 aromatic carbocycles. The van der Waals surface area contributed by atoms with Crippen molar-refractivity contribution in [2.45, 2.75) is 19.3 Å². The molecule has 3 rings (SSSR count). The van der Waals surface area contributed by atoms with Crippen molar-refractivity contribution < 1.29 is 5.21 Å². The maximum atomic E-state index is 8.56. The Balaban J connectivity index is 1.49. The fourth-order valence-electron chi connectivity index (χ4n) is 2.67. The maximum absolute atomic E-state index is 8.56. The van der Waals surface area contributed by atoms with Crippen molar-refractivity contribution in [2.24, 2.45) is 5.16 Å². The predicted octanol–water partition coefficient (Wildman–Crippen LogP) is 3.87. The molecule has 0 bridgehead atoms. The van der Waals surface area contributed by atoms with Gasteiger partial charge in [0.2, 0.25) is 0 Å². The zero-order chi connectivity index (χ0) is 16.6. The number of fused-ring (bicyclic) bond motifs is 1. The molecule has 0 aliphatic carbocycles. The lowest BCUT2D eigenvalue weighted by atomic mass is 10.1. The third-order valence-electron chi connectivity index (χ3n) is 3.84. The third kappa shape index (κ3) is 4.07. The summed E-state index contributed by atoms with van der Waals surface area (Å²) < 4.78 is 0. The summed E-state index contributed by atoms with van der Waals surface area (Å²) in [5.74, 6) is 0. The van der Waals surface area contributed by atoms with Crippen LogP contribution in [-0.4, -0.2) is 27.9 Å². The number of aryl methyl sites for hydroxylation is 1. The van der Waals surface area contributed by atoms with Crippen LogP contribution in [0.5, 0.6) is 0 Å². The second-order valence-corrected chi connectivity index (χ2v) is 5.56. The van der Waals surface area contributed by atoms with Gasteiger partial charge in [-0.25, -0.2) is 0 Å². The summed E-state index contributed by atoms with van der Waals surface area (Å²) in [7, 11) is 0. The highest BCUT2D eigenvalue weighted by Crippen LogP contribution is 2.20. The van der Waals surface area contributed by atoms with Crippen LogP contribution >= 0.6 is 0 Å². The summed E-state index contributed by atoms with van der Waals surface area (Å²) in [6.07, 6.45) is 6.19. The van der Waals surface area contributed by atoms with Crippen LogP contribution in [-0.2, 0) is 6.42 Å². The molecule has 2 aromatic heterocycles. The van der Waals surface area contributed by atoms with E-state index in [1.165, 1.54) is 6.21 Å². The van der Waals surface area contributed by atoms with Gasteiger partial charge in [-0.1, -0.05) is 29.4 Å². The molecule has 0 amide bonds. The normalized spacial score (nSPS) is 11.2. The number of hydrogen-bond donors (Lipinski definition) is 2. The number of aromatic nitrogens is 2. The Bertz CT molecular complexity index is 827. The van der Waals surface area contributed by atoms with E-state index in [0.717, 1.165) is 48.1 Å². The second-order valence-electron chi connectivity index (χ2n) is 5.56. The number of para-hydroxylation sites is 1. The van der Waals surface area contributed by atoms with E-state index in [-0.39, 0.29) is 0 Å². The molecule has 5 heteroatoms. The van der Waals surface area contributed by atoms with E-state index in [0.29, 0.717) is 5.69 Å². The maximum Gasteiger partial charge on any atom is 0.0918 e. The molecule has 0 radical (unpaired) electrons. The average molecular weight is 320 g/mol. The molecule has 0 atom stereocenters. The first-order valence-corrected chi connectivity index (χ1v) is 8.08. The van der Waals surface area contributed by atoms with Crippen molar-refractivity contribution in [1.82, 2.24) is 9.97 Å². The molecular weight excluding hydrogens is 300 g/mol. The van der Waals surface area contributed by atoms with Crippen LogP contribution in [0.3, 0.4) is 0 Å². The van der Waals surface area contributed by atoms with E-state index in [9.17, 15) is 0 Å². The van der Waals surface area contributed by atoms with Gasteiger partial charge in [-0.2, -0.15) is 0 Å². The number of unbranched alkanes of at least 4 members (excludes halogenated alkanes) is 1. The molecule has 0 saturated carbocycles. The summed E-state index contributed by atoms with van der Waals surface area (Å²) in [5.41, 5.74) is 3.83. The minimum Gasteiger partial charge on any atom is -0.411 e. The molecule has 122 valence electrons. The van der Waals surface area contributed by atoms with Crippen molar-refractivity contribution in [3.8, 4) is 0 Å². The Morgan fingerprint density at radius 1 is 1.04 bits per heavy atom. The first-order valence-electron chi connectivity index (χ1n) is 8.08. The Morgan fingerprint density at radius 2 is 1.96 bits per heavy atom. The summed E-state index contributed by atoms with van der Waals surface area (Å²) in [6, 6.07) is 15.9. The van der Waals surface area contributed by atoms with Crippen LogP contribution in [0.4, 0.5) is 5.69 Å². The van der Waals surface area contributed by atoms with E-state index in [4.69, 9.17) is 5.21 Å². The van der Waals surface area contributed by atoms with E-state index in [1.54, 1.807) is 0 Å². The minimum absolute atomic E-state index is 0.677. The largest absolute Gasteiger partial charge is 0.411 e. The van der Waals surface area contributed by atoms with E-state index in [2.05, 4.69) is 26.5 Å². The van der Waals surface area contributed by atoms with Gasteiger partial charge in [0.15, 0.2) is 0 Å². The number of nitrogens with zero attached hydrogens (tertiary/aromatic N) is 3. The summed E-state index contributed by atoms with van der Waals surface area (Å²) >= 11 is 0. The molecule has 0 aliphatic heterocycles. The van der Waals surface area contributed by atoms with Gasteiger partial charge in [0, 0.05) is 29.5 Å². The SMILES string of the molecule is O/N=C\c1cccc(CCCCNc2ccnc3ccccc23)n1. The predicted molar refractivity (Wildman–Crippen MR) is 96.8 cm³/mol. The number of oxime groups is 1. The van der Waals surface area contributed by atoms with E-state index in [1.807, 2.05) is 48.7 Å². The lowest BCUT2D eigenvalue weighted by Gasteiger charge is -2.09. The van der Waals surface area contributed by atoms with Crippen molar-refractivity contribution in [2.75, 3.05) is 11.9 Å². The lowest BCUT2D eigenvalue weighted by Crippen LogP contribution is -2.03. The minimum atomic E-state index is 0.677. The Labute approximate surface area is 141 Å². The Kier molecular flexibility index (Phi) is 5.35. The lowest BCUT2D eigenvalue weighted by molar-refractivity contribution is 0.321. The topological polar surface area (TPSA) is 70.4 Å². The molecule has 24 heavy (non-hydrogen) atoms. The van der Waals surface area contributed by atoms with Gasteiger partial charge in [-0.15, -0.1) is 0 Å². The molecule has 5 nitrogen and oxygen atoms in total. The highest BCUT2D eigenvalue weighted by molar-refractivity contribution is 5.90. The third-order valence-corrected chi connectivity index (χ3v) is 3.84.